The zero-order chi connectivity index (χ0) is 21.5. The van der Waals surface area contributed by atoms with E-state index in [4.69, 9.17) is 4.98 Å². The lowest BCUT2D eigenvalue weighted by atomic mass is 10.1. The first kappa shape index (κ1) is 21.9. The Bertz CT molecular complexity index is 1080. The largest absolute Gasteiger partial charge is 0.300 e. The standard InChI is InChI=1S/C26H32N2O2/c1-4-5-6-12-22(29)13-7-8-14-25-27-24-18-20(3)15-16-23(24)26(30)28(25)21-11-9-10-19(2)17-21/h9-11,15-18H,4-8,12-14H2,1-3H3. The first-order valence-corrected chi connectivity index (χ1v) is 11.1. The van der Waals surface area contributed by atoms with Crippen molar-refractivity contribution in [3.05, 3.63) is 69.8 Å². The summed E-state index contributed by atoms with van der Waals surface area (Å²) in [7, 11) is 0. The van der Waals surface area contributed by atoms with Crippen LogP contribution in [0.3, 0.4) is 0 Å². The van der Waals surface area contributed by atoms with Gasteiger partial charge in [0.2, 0.25) is 0 Å². The Morgan fingerprint density at radius 1 is 0.933 bits per heavy atom. The lowest BCUT2D eigenvalue weighted by molar-refractivity contribution is -0.119. The van der Waals surface area contributed by atoms with E-state index in [0.717, 1.165) is 60.3 Å². The van der Waals surface area contributed by atoms with Gasteiger partial charge in [0.05, 0.1) is 16.6 Å². The number of hydrogen-bond acceptors (Lipinski definition) is 3. The highest BCUT2D eigenvalue weighted by Gasteiger charge is 2.13. The number of benzene rings is 2. The zero-order valence-corrected chi connectivity index (χ0v) is 18.4. The molecule has 4 heteroatoms. The Labute approximate surface area is 179 Å². The Morgan fingerprint density at radius 3 is 2.40 bits per heavy atom. The van der Waals surface area contributed by atoms with Gasteiger partial charge in [0, 0.05) is 19.3 Å². The quantitative estimate of drug-likeness (QED) is 0.397. The lowest BCUT2D eigenvalue weighted by Crippen LogP contribution is -2.24. The van der Waals surface area contributed by atoms with Crippen LogP contribution in [0.4, 0.5) is 0 Å². The minimum atomic E-state index is -0.0313. The molecule has 4 nitrogen and oxygen atoms in total. The van der Waals surface area contributed by atoms with Crippen LogP contribution < -0.4 is 5.56 Å². The Hall–Kier alpha value is -2.75. The molecule has 1 heterocycles. The van der Waals surface area contributed by atoms with Gasteiger partial charge in [0.25, 0.3) is 5.56 Å². The van der Waals surface area contributed by atoms with Crippen molar-refractivity contribution in [3.63, 3.8) is 0 Å². The maximum absolute atomic E-state index is 13.3. The van der Waals surface area contributed by atoms with Crippen LogP contribution in [0.15, 0.2) is 47.3 Å². The highest BCUT2D eigenvalue weighted by atomic mass is 16.1. The van der Waals surface area contributed by atoms with Crippen molar-refractivity contribution < 1.29 is 4.79 Å². The minimum absolute atomic E-state index is 0.0313. The third kappa shape index (κ3) is 5.44. The summed E-state index contributed by atoms with van der Waals surface area (Å²) < 4.78 is 1.74. The van der Waals surface area contributed by atoms with Gasteiger partial charge in [-0.25, -0.2) is 4.98 Å². The maximum atomic E-state index is 13.3. The molecule has 0 saturated carbocycles. The van der Waals surface area contributed by atoms with Gasteiger partial charge in [-0.05, 0) is 68.5 Å². The monoisotopic (exact) mass is 404 g/mol. The second kappa shape index (κ2) is 10.3. The molecule has 0 fully saturated rings. The predicted octanol–water partition coefficient (Wildman–Crippen LogP) is 5.86. The maximum Gasteiger partial charge on any atom is 0.265 e. The Balaban J connectivity index is 1.84. The fourth-order valence-electron chi connectivity index (χ4n) is 3.85. The van der Waals surface area contributed by atoms with Gasteiger partial charge in [-0.2, -0.15) is 0 Å². The summed E-state index contributed by atoms with van der Waals surface area (Å²) in [6.45, 7) is 6.18. The van der Waals surface area contributed by atoms with Crippen LogP contribution in [0.25, 0.3) is 16.6 Å². The van der Waals surface area contributed by atoms with Crippen LogP contribution in [0, 0.1) is 13.8 Å². The molecular weight excluding hydrogens is 372 g/mol. The van der Waals surface area contributed by atoms with Crippen LogP contribution in [-0.4, -0.2) is 15.3 Å². The molecule has 158 valence electrons. The number of rotatable bonds is 10. The van der Waals surface area contributed by atoms with Crippen molar-refractivity contribution in [2.45, 2.75) is 72.1 Å². The molecule has 0 unspecified atom stereocenters. The molecule has 3 aromatic rings. The number of carbonyl (C=O) groups excluding carboxylic acids is 1. The summed E-state index contributed by atoms with van der Waals surface area (Å²) in [5.74, 6) is 1.11. The van der Waals surface area contributed by atoms with Crippen LogP contribution in [0.2, 0.25) is 0 Å². The van der Waals surface area contributed by atoms with Crippen LogP contribution in [0.1, 0.15) is 68.8 Å². The normalized spacial score (nSPS) is 11.2. The molecule has 0 aliphatic rings. The molecule has 0 bridgehead atoms. The molecular formula is C26H32N2O2. The number of ketones is 1. The number of fused-ring (bicyclic) bond motifs is 1. The highest BCUT2D eigenvalue weighted by Crippen LogP contribution is 2.17. The van der Waals surface area contributed by atoms with Gasteiger partial charge in [0.1, 0.15) is 11.6 Å². The van der Waals surface area contributed by atoms with E-state index in [0.29, 0.717) is 30.4 Å². The van der Waals surface area contributed by atoms with E-state index in [1.807, 2.05) is 56.3 Å². The van der Waals surface area contributed by atoms with Gasteiger partial charge in [-0.3, -0.25) is 14.2 Å². The van der Waals surface area contributed by atoms with Crippen LogP contribution in [0.5, 0.6) is 0 Å². The molecule has 0 atom stereocenters. The van der Waals surface area contributed by atoms with E-state index in [1.54, 1.807) is 4.57 Å². The zero-order valence-electron chi connectivity index (χ0n) is 18.4. The number of Topliss-reactive ketones (excluding diaryl/α,β-unsaturated/α-hetero) is 1. The fourth-order valence-corrected chi connectivity index (χ4v) is 3.85. The molecule has 0 aliphatic carbocycles. The molecule has 0 saturated heterocycles. The van der Waals surface area contributed by atoms with Crippen molar-refractivity contribution >= 4 is 16.7 Å². The Morgan fingerprint density at radius 2 is 1.67 bits per heavy atom. The average Bonchev–Trinajstić information content (AvgIpc) is 2.71. The van der Waals surface area contributed by atoms with Crippen molar-refractivity contribution in [1.82, 2.24) is 9.55 Å². The second-order valence-corrected chi connectivity index (χ2v) is 8.23. The smallest absolute Gasteiger partial charge is 0.265 e. The molecule has 1 aromatic heterocycles. The van der Waals surface area contributed by atoms with Gasteiger partial charge in [-0.15, -0.1) is 0 Å². The number of carbonyl (C=O) groups is 1. The summed E-state index contributed by atoms with van der Waals surface area (Å²) >= 11 is 0. The third-order valence-electron chi connectivity index (χ3n) is 5.52. The molecule has 0 N–H and O–H groups in total. The predicted molar refractivity (Wildman–Crippen MR) is 124 cm³/mol. The summed E-state index contributed by atoms with van der Waals surface area (Å²) in [5.41, 5.74) is 3.75. The number of nitrogens with zero attached hydrogens (tertiary/aromatic N) is 2. The van der Waals surface area contributed by atoms with E-state index < -0.39 is 0 Å². The van der Waals surface area contributed by atoms with E-state index >= 15 is 0 Å². The molecule has 2 aromatic carbocycles. The molecule has 3 rings (SSSR count). The summed E-state index contributed by atoms with van der Waals surface area (Å²) in [6.07, 6.45) is 6.91. The number of unbranched alkanes of at least 4 members (excludes halogenated alkanes) is 3. The first-order chi connectivity index (χ1) is 14.5. The SMILES string of the molecule is CCCCCC(=O)CCCCc1nc2cc(C)ccc2c(=O)n1-c1cccc(C)c1. The van der Waals surface area contributed by atoms with Crippen molar-refractivity contribution in [1.29, 1.82) is 0 Å². The van der Waals surface area contributed by atoms with E-state index in [2.05, 4.69) is 6.92 Å². The van der Waals surface area contributed by atoms with Gasteiger partial charge in [-0.1, -0.05) is 38.0 Å². The van der Waals surface area contributed by atoms with E-state index in [-0.39, 0.29) is 5.56 Å². The molecule has 0 radical (unpaired) electrons. The fraction of sp³-hybridized carbons (Fsp3) is 0.423. The third-order valence-corrected chi connectivity index (χ3v) is 5.52. The van der Waals surface area contributed by atoms with Crippen molar-refractivity contribution in [2.24, 2.45) is 0 Å². The number of aromatic nitrogens is 2. The summed E-state index contributed by atoms with van der Waals surface area (Å²) in [4.78, 5) is 30.2. The molecule has 0 spiro atoms. The topological polar surface area (TPSA) is 52.0 Å². The first-order valence-electron chi connectivity index (χ1n) is 11.1. The second-order valence-electron chi connectivity index (χ2n) is 8.23. The van der Waals surface area contributed by atoms with Gasteiger partial charge in [0.15, 0.2) is 0 Å². The highest BCUT2D eigenvalue weighted by molar-refractivity contribution is 5.79. The Kier molecular flexibility index (Phi) is 7.56. The van der Waals surface area contributed by atoms with Gasteiger partial charge >= 0.3 is 0 Å². The minimum Gasteiger partial charge on any atom is -0.300 e. The van der Waals surface area contributed by atoms with Crippen molar-refractivity contribution in [3.8, 4) is 5.69 Å². The van der Waals surface area contributed by atoms with E-state index in [9.17, 15) is 9.59 Å². The molecule has 30 heavy (non-hydrogen) atoms. The van der Waals surface area contributed by atoms with E-state index in [1.165, 1.54) is 0 Å². The summed E-state index contributed by atoms with van der Waals surface area (Å²) in [6, 6.07) is 13.8. The summed E-state index contributed by atoms with van der Waals surface area (Å²) in [5, 5.41) is 0.636. The number of aryl methyl sites for hydroxylation is 3. The van der Waals surface area contributed by atoms with Crippen LogP contribution >= 0.6 is 0 Å². The van der Waals surface area contributed by atoms with Gasteiger partial charge < -0.3 is 0 Å². The van der Waals surface area contributed by atoms with Crippen molar-refractivity contribution in [2.75, 3.05) is 0 Å². The number of hydrogen-bond donors (Lipinski definition) is 0. The lowest BCUT2D eigenvalue weighted by Gasteiger charge is -2.14. The molecule has 0 aliphatic heterocycles. The average molecular weight is 405 g/mol. The van der Waals surface area contributed by atoms with Crippen LogP contribution in [-0.2, 0) is 11.2 Å². The molecule has 0 amide bonds.